The molecule has 31 heavy (non-hydrogen) atoms. The Morgan fingerprint density at radius 1 is 0.806 bits per heavy atom. The summed E-state index contributed by atoms with van der Waals surface area (Å²) in [6.45, 7) is 1.83. The van der Waals surface area contributed by atoms with E-state index in [1.165, 1.54) is 0 Å². The lowest BCUT2D eigenvalue weighted by atomic mass is 10.1. The van der Waals surface area contributed by atoms with Crippen molar-refractivity contribution in [3.8, 4) is 5.75 Å². The van der Waals surface area contributed by atoms with Crippen molar-refractivity contribution in [1.29, 1.82) is 0 Å². The number of fused-ring (bicyclic) bond motifs is 1. The lowest BCUT2D eigenvalue weighted by Crippen LogP contribution is -2.19. The summed E-state index contributed by atoms with van der Waals surface area (Å²) >= 11 is 0. The Labute approximate surface area is 179 Å². The van der Waals surface area contributed by atoms with E-state index in [1.54, 1.807) is 55.6 Å². The van der Waals surface area contributed by atoms with E-state index in [4.69, 9.17) is 9.15 Å². The van der Waals surface area contributed by atoms with Crippen LogP contribution in [-0.4, -0.2) is 19.0 Å². The van der Waals surface area contributed by atoms with Gasteiger partial charge in [-0.25, -0.2) is 4.79 Å². The van der Waals surface area contributed by atoms with E-state index < -0.39 is 0 Å². The molecule has 0 atom stereocenters. The molecule has 0 saturated heterocycles. The van der Waals surface area contributed by atoms with Crippen molar-refractivity contribution in [2.75, 3.05) is 23.1 Å². The molecule has 0 unspecified atom stereocenters. The fraction of sp³-hybridized carbons (Fsp3) is 0.0833. The zero-order valence-electron chi connectivity index (χ0n) is 17.1. The summed E-state index contributed by atoms with van der Waals surface area (Å²) in [5, 5.41) is 9.13. The normalized spacial score (nSPS) is 10.5. The number of nitrogens with one attached hydrogen (secondary N) is 3. The summed E-state index contributed by atoms with van der Waals surface area (Å²) in [5.41, 5.74) is 3.08. The van der Waals surface area contributed by atoms with Crippen LogP contribution < -0.4 is 20.7 Å². The van der Waals surface area contributed by atoms with Gasteiger partial charge in [-0.2, -0.15) is 0 Å². The lowest BCUT2D eigenvalue weighted by Gasteiger charge is -2.09. The topological polar surface area (TPSA) is 92.6 Å². The van der Waals surface area contributed by atoms with Gasteiger partial charge in [0.1, 0.15) is 11.3 Å². The molecule has 0 aliphatic carbocycles. The molecule has 7 heteroatoms. The van der Waals surface area contributed by atoms with E-state index in [2.05, 4.69) is 16.0 Å². The monoisotopic (exact) mass is 415 g/mol. The third-order valence-electron chi connectivity index (χ3n) is 4.76. The molecule has 3 aromatic carbocycles. The smallest absolute Gasteiger partial charge is 0.323 e. The van der Waals surface area contributed by atoms with Crippen LogP contribution in [0.25, 0.3) is 11.0 Å². The number of aryl methyl sites for hydroxylation is 1. The Kier molecular flexibility index (Phi) is 5.57. The Bertz CT molecular complexity index is 1250. The van der Waals surface area contributed by atoms with Gasteiger partial charge in [-0.05, 0) is 55.5 Å². The van der Waals surface area contributed by atoms with Crippen molar-refractivity contribution >= 4 is 40.0 Å². The predicted octanol–water partition coefficient (Wildman–Crippen LogP) is 5.65. The van der Waals surface area contributed by atoms with Gasteiger partial charge >= 0.3 is 6.03 Å². The summed E-state index contributed by atoms with van der Waals surface area (Å²) in [7, 11) is 1.59. The number of hydrogen-bond acceptors (Lipinski definition) is 4. The van der Waals surface area contributed by atoms with Gasteiger partial charge in [-0.3, -0.25) is 4.79 Å². The van der Waals surface area contributed by atoms with Gasteiger partial charge in [0.05, 0.1) is 7.11 Å². The van der Waals surface area contributed by atoms with Crippen molar-refractivity contribution < 1.29 is 18.7 Å². The Morgan fingerprint density at radius 3 is 2.23 bits per heavy atom. The van der Waals surface area contributed by atoms with Crippen LogP contribution in [0.1, 0.15) is 16.1 Å². The number of carbonyl (C=O) groups is 2. The maximum absolute atomic E-state index is 12.8. The SMILES string of the molecule is COc1ccc2oc(C(=O)Nc3cccc(NC(=O)Nc4ccccc4)c3)c(C)c2c1. The number of urea groups is 1. The molecule has 156 valence electrons. The number of rotatable bonds is 5. The van der Waals surface area contributed by atoms with Crippen LogP contribution in [0.5, 0.6) is 5.75 Å². The number of hydrogen-bond donors (Lipinski definition) is 3. The molecule has 3 N–H and O–H groups in total. The van der Waals surface area contributed by atoms with Crippen LogP contribution in [-0.2, 0) is 0 Å². The molecule has 0 bridgehead atoms. The second-order valence-corrected chi connectivity index (χ2v) is 6.90. The van der Waals surface area contributed by atoms with Crippen LogP contribution in [0.4, 0.5) is 21.9 Å². The highest BCUT2D eigenvalue weighted by Gasteiger charge is 2.18. The van der Waals surface area contributed by atoms with E-state index in [0.717, 1.165) is 10.9 Å². The quantitative estimate of drug-likeness (QED) is 0.393. The fourth-order valence-electron chi connectivity index (χ4n) is 3.22. The average molecular weight is 415 g/mol. The molecule has 7 nitrogen and oxygen atoms in total. The van der Waals surface area contributed by atoms with Gasteiger partial charge in [0.25, 0.3) is 5.91 Å². The Balaban J connectivity index is 1.47. The number of benzene rings is 3. The van der Waals surface area contributed by atoms with Crippen molar-refractivity contribution in [2.45, 2.75) is 6.92 Å². The summed E-state index contributed by atoms with van der Waals surface area (Å²) in [4.78, 5) is 25.0. The molecule has 3 amide bonds. The molecule has 1 aromatic heterocycles. The first kappa shape index (κ1) is 20.0. The van der Waals surface area contributed by atoms with Crippen LogP contribution in [0.15, 0.2) is 77.2 Å². The predicted molar refractivity (Wildman–Crippen MR) is 121 cm³/mol. The van der Waals surface area contributed by atoms with Crippen molar-refractivity contribution in [3.05, 3.63) is 84.1 Å². The number of ether oxygens (including phenoxy) is 1. The molecular formula is C24H21N3O4. The van der Waals surface area contributed by atoms with Gasteiger partial charge in [0.2, 0.25) is 0 Å². The van der Waals surface area contributed by atoms with E-state index in [0.29, 0.717) is 28.4 Å². The third kappa shape index (κ3) is 4.51. The summed E-state index contributed by atoms with van der Waals surface area (Å²) in [6.07, 6.45) is 0. The Hall–Kier alpha value is -4.26. The van der Waals surface area contributed by atoms with Crippen molar-refractivity contribution in [1.82, 2.24) is 0 Å². The highest BCUT2D eigenvalue weighted by atomic mass is 16.5. The summed E-state index contributed by atoms with van der Waals surface area (Å²) < 4.78 is 11.0. The highest BCUT2D eigenvalue weighted by molar-refractivity contribution is 6.07. The molecule has 0 spiro atoms. The molecular weight excluding hydrogens is 394 g/mol. The number of furan rings is 1. The average Bonchev–Trinajstić information content (AvgIpc) is 3.10. The second kappa shape index (κ2) is 8.62. The van der Waals surface area contributed by atoms with E-state index in [9.17, 15) is 9.59 Å². The number of amides is 3. The molecule has 4 rings (SSSR count). The summed E-state index contributed by atoms with van der Waals surface area (Å²) in [5.74, 6) is 0.540. The molecule has 0 saturated carbocycles. The van der Waals surface area contributed by atoms with Crippen LogP contribution >= 0.6 is 0 Å². The molecule has 0 fully saturated rings. The minimum absolute atomic E-state index is 0.225. The molecule has 0 aliphatic heterocycles. The van der Waals surface area contributed by atoms with Gasteiger partial charge in [-0.1, -0.05) is 24.3 Å². The molecule has 1 heterocycles. The first-order chi connectivity index (χ1) is 15.0. The molecule has 0 aliphatic rings. The minimum atomic E-state index is -0.378. The first-order valence-electron chi connectivity index (χ1n) is 9.65. The number of para-hydroxylation sites is 1. The largest absolute Gasteiger partial charge is 0.497 e. The highest BCUT2D eigenvalue weighted by Crippen LogP contribution is 2.29. The second-order valence-electron chi connectivity index (χ2n) is 6.90. The number of methoxy groups -OCH3 is 1. The Morgan fingerprint density at radius 2 is 1.48 bits per heavy atom. The van der Waals surface area contributed by atoms with Crippen LogP contribution in [0.3, 0.4) is 0 Å². The van der Waals surface area contributed by atoms with Crippen molar-refractivity contribution in [2.24, 2.45) is 0 Å². The van der Waals surface area contributed by atoms with Gasteiger partial charge in [-0.15, -0.1) is 0 Å². The zero-order valence-corrected chi connectivity index (χ0v) is 17.1. The lowest BCUT2D eigenvalue weighted by molar-refractivity contribution is 0.0998. The van der Waals surface area contributed by atoms with Crippen molar-refractivity contribution in [3.63, 3.8) is 0 Å². The number of carbonyl (C=O) groups excluding carboxylic acids is 2. The fourth-order valence-corrected chi connectivity index (χ4v) is 3.22. The molecule has 0 radical (unpaired) electrons. The summed E-state index contributed by atoms with van der Waals surface area (Å²) in [6, 6.07) is 21.0. The van der Waals surface area contributed by atoms with Crippen LogP contribution in [0, 0.1) is 6.92 Å². The van der Waals surface area contributed by atoms with Crippen LogP contribution in [0.2, 0.25) is 0 Å². The third-order valence-corrected chi connectivity index (χ3v) is 4.76. The minimum Gasteiger partial charge on any atom is -0.497 e. The maximum atomic E-state index is 12.8. The molecule has 4 aromatic rings. The van der Waals surface area contributed by atoms with E-state index in [1.807, 2.05) is 31.2 Å². The van der Waals surface area contributed by atoms with E-state index >= 15 is 0 Å². The standard InChI is InChI=1S/C24H21N3O4/c1-15-20-14-19(30-2)11-12-21(20)31-22(15)23(28)25-17-9-6-10-18(13-17)27-24(29)26-16-7-4-3-5-8-16/h3-14H,1-2H3,(H,25,28)(H2,26,27,29). The van der Waals surface area contributed by atoms with Gasteiger partial charge in [0, 0.05) is 28.0 Å². The van der Waals surface area contributed by atoms with E-state index in [-0.39, 0.29) is 17.7 Å². The van der Waals surface area contributed by atoms with Gasteiger partial charge < -0.3 is 25.1 Å². The van der Waals surface area contributed by atoms with Gasteiger partial charge in [0.15, 0.2) is 5.76 Å². The zero-order chi connectivity index (χ0) is 21.8. The maximum Gasteiger partial charge on any atom is 0.323 e. The number of anilines is 3. The first-order valence-corrected chi connectivity index (χ1v) is 9.65.